The second-order valence-corrected chi connectivity index (χ2v) is 9.29. The van der Waals surface area contributed by atoms with Gasteiger partial charge < -0.3 is 10.4 Å². The lowest BCUT2D eigenvalue weighted by molar-refractivity contribution is -0.139. The first-order chi connectivity index (χ1) is 16.2. The normalized spacial score (nSPS) is 15.3. The third-order valence-corrected chi connectivity index (χ3v) is 6.58. The van der Waals surface area contributed by atoms with Crippen LogP contribution in [0.25, 0.3) is 0 Å². The number of unbranched alkanes of at least 4 members (excludes halogenated alkanes) is 1. The van der Waals surface area contributed by atoms with E-state index in [0.717, 1.165) is 12.0 Å². The average Bonchev–Trinajstić information content (AvgIpc) is 3.03. The van der Waals surface area contributed by atoms with Crippen LogP contribution in [0.2, 0.25) is 0 Å². The number of rotatable bonds is 10. The number of carbonyl (C=O) groups excluding carboxylic acids is 3. The monoisotopic (exact) mass is 463 g/mol. The number of benzene rings is 2. The molecule has 1 aliphatic carbocycles. The second kappa shape index (κ2) is 10.3. The molecule has 0 aromatic heterocycles. The number of nitrogens with one attached hydrogen (secondary N) is 1. The summed E-state index contributed by atoms with van der Waals surface area (Å²) in [7, 11) is 0. The first kappa shape index (κ1) is 25.3. The van der Waals surface area contributed by atoms with Crippen molar-refractivity contribution in [1.29, 1.82) is 0 Å². The van der Waals surface area contributed by atoms with E-state index in [1.807, 2.05) is 33.8 Å². The molecule has 0 saturated heterocycles. The van der Waals surface area contributed by atoms with Gasteiger partial charge in [-0.25, -0.2) is 0 Å². The molecule has 0 saturated carbocycles. The quantitative estimate of drug-likeness (QED) is 0.462. The van der Waals surface area contributed by atoms with Crippen molar-refractivity contribution in [2.75, 3.05) is 0 Å². The molecule has 0 aliphatic heterocycles. The van der Waals surface area contributed by atoms with Gasteiger partial charge in [-0.15, -0.1) is 0 Å². The van der Waals surface area contributed by atoms with Crippen LogP contribution in [0.15, 0.2) is 42.5 Å². The van der Waals surface area contributed by atoms with Gasteiger partial charge in [0.25, 0.3) is 0 Å². The maximum Gasteiger partial charge on any atom is 0.310 e. The van der Waals surface area contributed by atoms with E-state index in [0.29, 0.717) is 24.8 Å². The molecule has 2 aromatic carbocycles. The molecule has 2 aromatic rings. The Labute approximate surface area is 200 Å². The van der Waals surface area contributed by atoms with Crippen LogP contribution in [0.5, 0.6) is 0 Å². The van der Waals surface area contributed by atoms with Crippen LogP contribution in [0, 0.1) is 0 Å². The number of carbonyl (C=O) groups is 4. The maximum atomic E-state index is 13.9. The van der Waals surface area contributed by atoms with Gasteiger partial charge >= 0.3 is 5.97 Å². The number of Topliss-reactive ketones (excluding diaryl/α,β-unsaturated/α-hetero) is 2. The molecular formula is C28H33NO5. The van der Waals surface area contributed by atoms with Crippen LogP contribution in [0.1, 0.15) is 109 Å². The molecule has 0 heterocycles. The molecule has 2 N–H and O–H groups in total. The molecule has 1 amide bonds. The number of aliphatic carboxylic acids is 1. The van der Waals surface area contributed by atoms with Crippen molar-refractivity contribution in [1.82, 2.24) is 5.32 Å². The van der Waals surface area contributed by atoms with Gasteiger partial charge in [0.05, 0.1) is 5.92 Å². The van der Waals surface area contributed by atoms with Gasteiger partial charge in [0.2, 0.25) is 17.5 Å². The Morgan fingerprint density at radius 3 is 2.09 bits per heavy atom. The highest BCUT2D eigenvalue weighted by atomic mass is 16.4. The van der Waals surface area contributed by atoms with Crippen molar-refractivity contribution < 1.29 is 24.3 Å². The van der Waals surface area contributed by atoms with Gasteiger partial charge in [-0.05, 0) is 35.4 Å². The summed E-state index contributed by atoms with van der Waals surface area (Å²) in [6, 6.07) is 11.8. The average molecular weight is 464 g/mol. The van der Waals surface area contributed by atoms with Gasteiger partial charge in [-0.3, -0.25) is 19.2 Å². The second-order valence-electron chi connectivity index (χ2n) is 9.29. The van der Waals surface area contributed by atoms with Crippen LogP contribution >= 0.6 is 0 Å². The summed E-state index contributed by atoms with van der Waals surface area (Å²) in [6.45, 7) is 7.85. The Morgan fingerprint density at radius 2 is 1.59 bits per heavy atom. The highest BCUT2D eigenvalue weighted by Gasteiger charge is 2.56. The van der Waals surface area contributed by atoms with E-state index in [1.165, 1.54) is 0 Å². The molecule has 1 unspecified atom stereocenters. The summed E-state index contributed by atoms with van der Waals surface area (Å²) in [5.74, 6) is -3.25. The van der Waals surface area contributed by atoms with Crippen LogP contribution in [0.3, 0.4) is 0 Å². The smallest absolute Gasteiger partial charge is 0.310 e. The van der Waals surface area contributed by atoms with Crippen molar-refractivity contribution in [3.05, 3.63) is 70.3 Å². The van der Waals surface area contributed by atoms with Gasteiger partial charge in [-0.2, -0.15) is 0 Å². The van der Waals surface area contributed by atoms with Crippen molar-refractivity contribution in [3.8, 4) is 0 Å². The van der Waals surface area contributed by atoms with Crippen molar-refractivity contribution in [2.24, 2.45) is 0 Å². The predicted octanol–water partition coefficient (Wildman–Crippen LogP) is 5.36. The van der Waals surface area contributed by atoms with E-state index in [1.54, 1.807) is 36.4 Å². The summed E-state index contributed by atoms with van der Waals surface area (Å²) < 4.78 is 0. The largest absolute Gasteiger partial charge is 0.481 e. The number of carboxylic acid groups (broad SMARTS) is 1. The highest BCUT2D eigenvalue weighted by Crippen LogP contribution is 2.42. The zero-order chi connectivity index (χ0) is 25.0. The first-order valence-electron chi connectivity index (χ1n) is 12.1. The van der Waals surface area contributed by atoms with Crippen molar-refractivity contribution in [2.45, 2.75) is 77.2 Å². The van der Waals surface area contributed by atoms with Crippen molar-refractivity contribution >= 4 is 23.4 Å². The van der Waals surface area contributed by atoms with Gasteiger partial charge in [0, 0.05) is 17.5 Å². The van der Waals surface area contributed by atoms with Crippen molar-refractivity contribution in [3.63, 3.8) is 0 Å². The minimum Gasteiger partial charge on any atom is -0.481 e. The predicted molar refractivity (Wildman–Crippen MR) is 130 cm³/mol. The van der Waals surface area contributed by atoms with Crippen LogP contribution in [-0.4, -0.2) is 28.5 Å². The molecule has 180 valence electrons. The van der Waals surface area contributed by atoms with Crippen LogP contribution < -0.4 is 5.32 Å². The summed E-state index contributed by atoms with van der Waals surface area (Å²) in [5, 5.41) is 12.9. The Kier molecular flexibility index (Phi) is 7.70. The molecule has 1 atom stereocenters. The molecule has 0 spiro atoms. The molecule has 3 rings (SSSR count). The lowest BCUT2D eigenvalue weighted by atomic mass is 9.76. The lowest BCUT2D eigenvalue weighted by Gasteiger charge is -2.32. The molecule has 0 bridgehead atoms. The third kappa shape index (κ3) is 4.41. The van der Waals surface area contributed by atoms with Gasteiger partial charge in [0.1, 0.15) is 0 Å². The van der Waals surface area contributed by atoms with E-state index >= 15 is 0 Å². The van der Waals surface area contributed by atoms with Crippen LogP contribution in [0.4, 0.5) is 0 Å². The summed E-state index contributed by atoms with van der Waals surface area (Å²) in [6.07, 6.45) is 2.53. The standard InChI is InChI=1S/C28H33NO5/c1-5-7-13-24(30)29-28(25(31)19-11-8-9-12-20(19)26(28)32)23-15-14-18(17(3)4)16-22(23)21(10-6-2)27(33)34/h8-9,11-12,14-17,21H,5-7,10,13H2,1-4H3,(H,29,30)(H,33,34). The number of amides is 1. The number of hydrogen-bond acceptors (Lipinski definition) is 4. The minimum atomic E-state index is -1.97. The fourth-order valence-electron chi connectivity index (χ4n) is 4.69. The Morgan fingerprint density at radius 1 is 0.971 bits per heavy atom. The van der Waals surface area contributed by atoms with E-state index in [-0.39, 0.29) is 29.0 Å². The van der Waals surface area contributed by atoms with Gasteiger partial charge in [0.15, 0.2) is 5.54 Å². The SMILES string of the molecule is CCCCC(=O)NC1(c2ccc(C(C)C)cc2C(CCC)C(=O)O)C(=O)c2ccccc2C1=O. The van der Waals surface area contributed by atoms with E-state index in [4.69, 9.17) is 0 Å². The number of hydrogen-bond donors (Lipinski definition) is 2. The maximum absolute atomic E-state index is 13.9. The lowest BCUT2D eigenvalue weighted by Crippen LogP contribution is -2.54. The molecule has 0 radical (unpaired) electrons. The first-order valence-corrected chi connectivity index (χ1v) is 12.1. The number of ketones is 2. The molecular weight excluding hydrogens is 430 g/mol. The van der Waals surface area contributed by atoms with E-state index < -0.39 is 34.9 Å². The molecule has 6 heteroatoms. The Bertz CT molecular complexity index is 1080. The van der Waals surface area contributed by atoms with Crippen LogP contribution in [-0.2, 0) is 15.1 Å². The third-order valence-electron chi connectivity index (χ3n) is 6.58. The fraction of sp³-hybridized carbons (Fsp3) is 0.429. The minimum absolute atomic E-state index is 0.117. The number of carboxylic acids is 1. The zero-order valence-corrected chi connectivity index (χ0v) is 20.3. The zero-order valence-electron chi connectivity index (χ0n) is 20.3. The highest BCUT2D eigenvalue weighted by molar-refractivity contribution is 6.34. The van der Waals surface area contributed by atoms with E-state index in [9.17, 15) is 24.3 Å². The Balaban J connectivity index is 2.31. The molecule has 1 aliphatic rings. The topological polar surface area (TPSA) is 101 Å². The van der Waals surface area contributed by atoms with E-state index in [2.05, 4.69) is 5.32 Å². The molecule has 6 nitrogen and oxygen atoms in total. The summed E-state index contributed by atoms with van der Waals surface area (Å²) >= 11 is 0. The summed E-state index contributed by atoms with van der Waals surface area (Å²) in [5.41, 5.74) is 0.0820. The fourth-order valence-corrected chi connectivity index (χ4v) is 4.69. The summed E-state index contributed by atoms with van der Waals surface area (Å²) in [4.78, 5) is 53.0. The molecule has 0 fully saturated rings. The Hall–Kier alpha value is -3.28. The number of fused-ring (bicyclic) bond motifs is 1. The molecule has 34 heavy (non-hydrogen) atoms. The van der Waals surface area contributed by atoms with Gasteiger partial charge in [-0.1, -0.05) is 83.0 Å².